The zero-order valence-corrected chi connectivity index (χ0v) is 12.4. The van der Waals surface area contributed by atoms with E-state index in [0.29, 0.717) is 18.7 Å². The molecule has 3 N–H and O–H groups in total. The third-order valence-corrected chi connectivity index (χ3v) is 4.97. The molecular weight excluding hydrogens is 300 g/mol. The van der Waals surface area contributed by atoms with Crippen LogP contribution in [0.1, 0.15) is 5.56 Å². The smallest absolute Gasteiger partial charge is 0.291 e. The molecule has 20 heavy (non-hydrogen) atoms. The summed E-state index contributed by atoms with van der Waals surface area (Å²) in [6, 6.07) is 7.12. The van der Waals surface area contributed by atoms with E-state index in [4.69, 9.17) is 10.5 Å². The summed E-state index contributed by atoms with van der Waals surface area (Å²) in [6.45, 7) is 0.504. The van der Waals surface area contributed by atoms with Crippen LogP contribution in [0.15, 0.2) is 28.6 Å². The van der Waals surface area contributed by atoms with E-state index in [1.165, 1.54) is 0 Å². The van der Waals surface area contributed by atoms with Crippen LogP contribution in [0.3, 0.4) is 0 Å². The number of sulfonamides is 1. The van der Waals surface area contributed by atoms with Gasteiger partial charge in [0, 0.05) is 7.11 Å². The zero-order chi connectivity index (χ0) is 14.6. The van der Waals surface area contributed by atoms with Crippen LogP contribution in [0, 0.1) is 0 Å². The number of hydrogen-bond donors (Lipinski definition) is 2. The van der Waals surface area contributed by atoms with Gasteiger partial charge in [-0.3, -0.25) is 4.72 Å². The summed E-state index contributed by atoms with van der Waals surface area (Å²) < 4.78 is 31.6. The Hall–Kier alpha value is -1.71. The van der Waals surface area contributed by atoms with Gasteiger partial charge in [-0.15, -0.1) is 10.2 Å². The molecule has 2 aromatic rings. The molecule has 0 fully saturated rings. The monoisotopic (exact) mass is 314 g/mol. The van der Waals surface area contributed by atoms with Gasteiger partial charge in [-0.25, -0.2) is 0 Å². The molecule has 7 nitrogen and oxygen atoms in total. The number of hydrogen-bond acceptors (Lipinski definition) is 7. The molecule has 1 aromatic carbocycles. The molecule has 0 radical (unpaired) electrons. The number of rotatable bonds is 6. The van der Waals surface area contributed by atoms with Crippen molar-refractivity contribution in [2.24, 2.45) is 0 Å². The molecule has 0 bridgehead atoms. The molecule has 108 valence electrons. The van der Waals surface area contributed by atoms with E-state index in [1.54, 1.807) is 19.2 Å². The number of para-hydroxylation sites is 1. The van der Waals surface area contributed by atoms with Gasteiger partial charge in [0.2, 0.25) is 5.13 Å². The fourth-order valence-corrected chi connectivity index (χ4v) is 3.45. The summed E-state index contributed by atoms with van der Waals surface area (Å²) in [5.74, 6) is 0. The molecule has 0 unspecified atom stereocenters. The van der Waals surface area contributed by atoms with Gasteiger partial charge in [-0.05, 0) is 18.1 Å². The number of nitrogens with zero attached hydrogens (tertiary/aromatic N) is 2. The van der Waals surface area contributed by atoms with Gasteiger partial charge in [0.15, 0.2) is 0 Å². The van der Waals surface area contributed by atoms with Gasteiger partial charge >= 0.3 is 0 Å². The Morgan fingerprint density at radius 1 is 1.35 bits per heavy atom. The first kappa shape index (κ1) is 14.7. The quantitative estimate of drug-likeness (QED) is 0.827. The summed E-state index contributed by atoms with van der Waals surface area (Å²) in [4.78, 5) is 0. The van der Waals surface area contributed by atoms with Gasteiger partial charge in [0.25, 0.3) is 14.4 Å². The Morgan fingerprint density at radius 3 is 2.75 bits per heavy atom. The third-order valence-electron chi connectivity index (χ3n) is 2.49. The lowest BCUT2D eigenvalue weighted by molar-refractivity contribution is 0.202. The van der Waals surface area contributed by atoms with Crippen molar-refractivity contribution in [2.45, 2.75) is 10.8 Å². The molecular formula is C11H14N4O3S2. The number of aromatic nitrogens is 2. The van der Waals surface area contributed by atoms with Gasteiger partial charge in [-0.2, -0.15) is 8.42 Å². The second-order valence-corrected chi connectivity index (χ2v) is 6.78. The highest BCUT2D eigenvalue weighted by Crippen LogP contribution is 2.23. The Balaban J connectivity index is 2.25. The van der Waals surface area contributed by atoms with Crippen LogP contribution in [-0.4, -0.2) is 32.3 Å². The fourth-order valence-electron chi connectivity index (χ4n) is 1.57. The van der Waals surface area contributed by atoms with Gasteiger partial charge in [0.05, 0.1) is 12.3 Å². The zero-order valence-electron chi connectivity index (χ0n) is 10.7. The summed E-state index contributed by atoms with van der Waals surface area (Å²) >= 11 is 0.818. The predicted molar refractivity (Wildman–Crippen MR) is 77.2 cm³/mol. The Morgan fingerprint density at radius 2 is 2.10 bits per heavy atom. The average Bonchev–Trinajstić information content (AvgIpc) is 2.85. The van der Waals surface area contributed by atoms with E-state index in [2.05, 4.69) is 14.9 Å². The van der Waals surface area contributed by atoms with Crippen LogP contribution in [0.4, 0.5) is 10.8 Å². The van der Waals surface area contributed by atoms with Crippen molar-refractivity contribution in [3.8, 4) is 0 Å². The SMILES string of the molecule is COCCc1ccccc1NS(=O)(=O)c1nnc(N)s1. The number of nitrogen functional groups attached to an aromatic ring is 1. The lowest BCUT2D eigenvalue weighted by Crippen LogP contribution is -2.14. The van der Waals surface area contributed by atoms with Crippen LogP contribution in [0.5, 0.6) is 0 Å². The number of ether oxygens (including phenoxy) is 1. The van der Waals surface area contributed by atoms with Crippen LogP contribution in [-0.2, 0) is 21.2 Å². The summed E-state index contributed by atoms with van der Waals surface area (Å²) in [5, 5.41) is 7.16. The summed E-state index contributed by atoms with van der Waals surface area (Å²) in [7, 11) is -2.17. The molecule has 1 heterocycles. The molecule has 1 aromatic heterocycles. The predicted octanol–water partition coefficient (Wildman–Crippen LogP) is 1.11. The lowest BCUT2D eigenvalue weighted by atomic mass is 10.1. The minimum absolute atomic E-state index is 0.109. The molecule has 2 rings (SSSR count). The van der Waals surface area contributed by atoms with E-state index >= 15 is 0 Å². The summed E-state index contributed by atoms with van der Waals surface area (Å²) in [6.07, 6.45) is 0.605. The maximum absolute atomic E-state index is 12.2. The maximum Gasteiger partial charge on any atom is 0.291 e. The Bertz CT molecular complexity index is 684. The minimum atomic E-state index is -3.77. The van der Waals surface area contributed by atoms with Crippen molar-refractivity contribution < 1.29 is 13.2 Å². The van der Waals surface area contributed by atoms with E-state index in [-0.39, 0.29) is 9.47 Å². The fraction of sp³-hybridized carbons (Fsp3) is 0.273. The number of methoxy groups -OCH3 is 1. The Kier molecular flexibility index (Phi) is 4.53. The molecule has 0 amide bonds. The second-order valence-electron chi connectivity index (χ2n) is 3.91. The number of nitrogens with one attached hydrogen (secondary N) is 1. The normalized spacial score (nSPS) is 11.4. The highest BCUT2D eigenvalue weighted by molar-refractivity contribution is 7.94. The number of anilines is 2. The number of nitrogens with two attached hydrogens (primary N) is 1. The van der Waals surface area contributed by atoms with Gasteiger partial charge in [0.1, 0.15) is 0 Å². The van der Waals surface area contributed by atoms with E-state index < -0.39 is 10.0 Å². The van der Waals surface area contributed by atoms with Crippen LogP contribution in [0.25, 0.3) is 0 Å². The van der Waals surface area contributed by atoms with Crippen LogP contribution < -0.4 is 10.5 Å². The van der Waals surface area contributed by atoms with E-state index in [9.17, 15) is 8.42 Å². The van der Waals surface area contributed by atoms with Crippen molar-refractivity contribution in [3.63, 3.8) is 0 Å². The van der Waals surface area contributed by atoms with Gasteiger partial charge < -0.3 is 10.5 Å². The van der Waals surface area contributed by atoms with Crippen LogP contribution >= 0.6 is 11.3 Å². The largest absolute Gasteiger partial charge is 0.384 e. The molecule has 0 aliphatic carbocycles. The first-order chi connectivity index (χ1) is 9.53. The number of benzene rings is 1. The topological polar surface area (TPSA) is 107 Å². The maximum atomic E-state index is 12.2. The molecule has 0 saturated carbocycles. The molecule has 0 spiro atoms. The highest BCUT2D eigenvalue weighted by Gasteiger charge is 2.20. The van der Waals surface area contributed by atoms with Crippen molar-refractivity contribution in [1.82, 2.24) is 10.2 Å². The second kappa shape index (κ2) is 6.16. The first-order valence-corrected chi connectivity index (χ1v) is 8.01. The van der Waals surface area contributed by atoms with Gasteiger partial charge in [-0.1, -0.05) is 29.5 Å². The highest BCUT2D eigenvalue weighted by atomic mass is 32.2. The molecule has 0 atom stereocenters. The molecule has 9 heteroatoms. The van der Waals surface area contributed by atoms with E-state index in [1.807, 2.05) is 12.1 Å². The van der Waals surface area contributed by atoms with Crippen molar-refractivity contribution >= 4 is 32.2 Å². The first-order valence-electron chi connectivity index (χ1n) is 5.71. The van der Waals surface area contributed by atoms with Crippen molar-refractivity contribution in [3.05, 3.63) is 29.8 Å². The van der Waals surface area contributed by atoms with E-state index in [0.717, 1.165) is 16.9 Å². The third kappa shape index (κ3) is 3.44. The molecule has 0 aliphatic heterocycles. The Labute approximate surface area is 120 Å². The summed E-state index contributed by atoms with van der Waals surface area (Å²) in [5.41, 5.74) is 6.74. The average molecular weight is 314 g/mol. The van der Waals surface area contributed by atoms with Crippen molar-refractivity contribution in [2.75, 3.05) is 24.2 Å². The molecule has 0 aliphatic rings. The molecule has 0 saturated heterocycles. The lowest BCUT2D eigenvalue weighted by Gasteiger charge is -2.10. The van der Waals surface area contributed by atoms with Crippen LogP contribution in [0.2, 0.25) is 0 Å². The van der Waals surface area contributed by atoms with Crippen molar-refractivity contribution in [1.29, 1.82) is 0 Å². The minimum Gasteiger partial charge on any atom is -0.384 e. The standard InChI is InChI=1S/C11H14N4O3S2/c1-18-7-6-8-4-2-3-5-9(8)15-20(16,17)11-14-13-10(12)19-11/h2-5,15H,6-7H2,1H3,(H2,12,13).